The summed E-state index contributed by atoms with van der Waals surface area (Å²) in [7, 11) is 1.79. The fourth-order valence-electron chi connectivity index (χ4n) is 2.71. The van der Waals surface area contributed by atoms with Crippen molar-refractivity contribution in [3.05, 3.63) is 0 Å². The van der Waals surface area contributed by atoms with Gasteiger partial charge in [0.1, 0.15) is 0 Å². The van der Waals surface area contributed by atoms with Gasteiger partial charge in [0.2, 0.25) is 0 Å². The van der Waals surface area contributed by atoms with Crippen LogP contribution in [0.1, 0.15) is 46.0 Å². The van der Waals surface area contributed by atoms with Gasteiger partial charge in [0.05, 0.1) is 0 Å². The van der Waals surface area contributed by atoms with Gasteiger partial charge < -0.3 is 10.1 Å². The largest absolute Gasteiger partial charge is 0.385 e. The van der Waals surface area contributed by atoms with Crippen molar-refractivity contribution >= 4 is 0 Å². The number of ether oxygens (including phenoxy) is 1. The van der Waals surface area contributed by atoms with E-state index in [0.717, 1.165) is 12.6 Å². The highest BCUT2D eigenvalue weighted by Gasteiger charge is 2.25. The Morgan fingerprint density at radius 2 is 2.12 bits per heavy atom. The maximum absolute atomic E-state index is 5.11. The maximum atomic E-state index is 5.11. The lowest BCUT2D eigenvalue weighted by Gasteiger charge is -2.40. The second-order valence-corrected chi connectivity index (χ2v) is 5.15. The van der Waals surface area contributed by atoms with Crippen molar-refractivity contribution in [3.8, 4) is 0 Å². The molecule has 1 saturated heterocycles. The molecule has 1 aliphatic heterocycles. The van der Waals surface area contributed by atoms with Gasteiger partial charge in [-0.2, -0.15) is 0 Å². The van der Waals surface area contributed by atoms with E-state index in [1.54, 1.807) is 7.11 Å². The average molecular weight is 242 g/mol. The van der Waals surface area contributed by atoms with E-state index in [-0.39, 0.29) is 0 Å². The highest BCUT2D eigenvalue weighted by atomic mass is 16.5. The molecule has 0 aromatic carbocycles. The number of nitrogens with one attached hydrogen (secondary N) is 1. The van der Waals surface area contributed by atoms with Crippen molar-refractivity contribution in [2.75, 3.05) is 33.4 Å². The summed E-state index contributed by atoms with van der Waals surface area (Å²) in [5, 5.41) is 3.69. The molecule has 0 saturated carbocycles. The fraction of sp³-hybridized carbons (Fsp3) is 1.00. The third-order valence-corrected chi connectivity index (χ3v) is 3.77. The van der Waals surface area contributed by atoms with E-state index >= 15 is 0 Å². The summed E-state index contributed by atoms with van der Waals surface area (Å²) in [5.41, 5.74) is 0. The van der Waals surface area contributed by atoms with Gasteiger partial charge in [0, 0.05) is 38.9 Å². The van der Waals surface area contributed by atoms with E-state index < -0.39 is 0 Å². The normalized spacial score (nSPS) is 26.3. The Labute approximate surface area is 107 Å². The fourth-order valence-corrected chi connectivity index (χ4v) is 2.71. The van der Waals surface area contributed by atoms with Crippen LogP contribution in [0.4, 0.5) is 0 Å². The van der Waals surface area contributed by atoms with E-state index in [1.807, 2.05) is 0 Å². The molecule has 102 valence electrons. The van der Waals surface area contributed by atoms with Crippen molar-refractivity contribution in [1.82, 2.24) is 10.2 Å². The third kappa shape index (κ3) is 5.36. The molecular formula is C14H30N2O. The van der Waals surface area contributed by atoms with E-state index in [2.05, 4.69) is 24.1 Å². The molecule has 3 nitrogen and oxygen atoms in total. The van der Waals surface area contributed by atoms with Crippen LogP contribution < -0.4 is 5.32 Å². The highest BCUT2D eigenvalue weighted by Crippen LogP contribution is 2.14. The molecule has 0 aromatic rings. The molecular weight excluding hydrogens is 212 g/mol. The summed E-state index contributed by atoms with van der Waals surface area (Å²) in [4.78, 5) is 2.69. The topological polar surface area (TPSA) is 24.5 Å². The monoisotopic (exact) mass is 242 g/mol. The number of unbranched alkanes of at least 4 members (excludes halogenated alkanes) is 1. The first-order valence-corrected chi connectivity index (χ1v) is 7.28. The Bertz CT molecular complexity index is 187. The average Bonchev–Trinajstić information content (AvgIpc) is 2.35. The Kier molecular flexibility index (Phi) is 7.82. The van der Waals surface area contributed by atoms with Crippen molar-refractivity contribution < 1.29 is 4.74 Å². The molecule has 0 radical (unpaired) electrons. The number of hydrogen-bond donors (Lipinski definition) is 1. The summed E-state index contributed by atoms with van der Waals surface area (Å²) < 4.78 is 5.11. The number of methoxy groups -OCH3 is 1. The van der Waals surface area contributed by atoms with Crippen LogP contribution in [0.5, 0.6) is 0 Å². The second kappa shape index (κ2) is 8.90. The van der Waals surface area contributed by atoms with E-state index in [9.17, 15) is 0 Å². The summed E-state index contributed by atoms with van der Waals surface area (Å²) in [5.74, 6) is 0. The molecule has 0 bridgehead atoms. The van der Waals surface area contributed by atoms with Crippen molar-refractivity contribution in [2.45, 2.75) is 58.0 Å². The van der Waals surface area contributed by atoms with Gasteiger partial charge >= 0.3 is 0 Å². The van der Waals surface area contributed by atoms with Gasteiger partial charge in [0.25, 0.3) is 0 Å². The molecule has 0 aliphatic carbocycles. The van der Waals surface area contributed by atoms with Crippen LogP contribution in [0.3, 0.4) is 0 Å². The zero-order chi connectivity index (χ0) is 12.5. The van der Waals surface area contributed by atoms with Crippen LogP contribution in [-0.2, 0) is 4.74 Å². The molecule has 1 fully saturated rings. The van der Waals surface area contributed by atoms with Crippen molar-refractivity contribution in [2.24, 2.45) is 0 Å². The highest BCUT2D eigenvalue weighted by molar-refractivity contribution is 4.85. The maximum Gasteiger partial charge on any atom is 0.0462 e. The molecule has 3 heteroatoms. The lowest BCUT2D eigenvalue weighted by molar-refractivity contribution is 0.115. The number of nitrogens with zero attached hydrogens (tertiary/aromatic N) is 1. The molecule has 0 amide bonds. The first kappa shape index (κ1) is 14.9. The van der Waals surface area contributed by atoms with Crippen LogP contribution in [0, 0.1) is 0 Å². The summed E-state index contributed by atoms with van der Waals surface area (Å²) in [6, 6.07) is 1.45. The standard InChI is InChI=1S/C14H30N2O/c1-4-8-13-12-16(9-6-7-10-17-3)14(5-2)11-15-13/h13-15H,4-12H2,1-3H3. The zero-order valence-corrected chi connectivity index (χ0v) is 11.9. The van der Waals surface area contributed by atoms with Crippen LogP contribution >= 0.6 is 0 Å². The Balaban J connectivity index is 2.29. The van der Waals surface area contributed by atoms with Gasteiger partial charge in [-0.1, -0.05) is 20.3 Å². The van der Waals surface area contributed by atoms with Gasteiger partial charge in [0.15, 0.2) is 0 Å². The van der Waals surface area contributed by atoms with Gasteiger partial charge in [-0.25, -0.2) is 0 Å². The second-order valence-electron chi connectivity index (χ2n) is 5.15. The minimum Gasteiger partial charge on any atom is -0.385 e. The lowest BCUT2D eigenvalue weighted by Crippen LogP contribution is -2.56. The molecule has 2 atom stereocenters. The zero-order valence-electron chi connectivity index (χ0n) is 11.9. The summed E-state index contributed by atoms with van der Waals surface area (Å²) in [6.07, 6.45) is 6.31. The van der Waals surface area contributed by atoms with Crippen molar-refractivity contribution in [1.29, 1.82) is 0 Å². The van der Waals surface area contributed by atoms with E-state index in [1.165, 1.54) is 51.7 Å². The summed E-state index contributed by atoms with van der Waals surface area (Å²) in [6.45, 7) is 9.13. The quantitative estimate of drug-likeness (QED) is 0.661. The molecule has 1 rings (SSSR count). The van der Waals surface area contributed by atoms with Gasteiger partial charge in [-0.15, -0.1) is 0 Å². The van der Waals surface area contributed by atoms with Crippen molar-refractivity contribution in [3.63, 3.8) is 0 Å². The van der Waals surface area contributed by atoms with Gasteiger partial charge in [-0.05, 0) is 32.2 Å². The lowest BCUT2D eigenvalue weighted by atomic mass is 10.0. The van der Waals surface area contributed by atoms with Crippen LogP contribution in [-0.4, -0.2) is 50.3 Å². The first-order valence-electron chi connectivity index (χ1n) is 7.28. The summed E-state index contributed by atoms with van der Waals surface area (Å²) >= 11 is 0. The minimum absolute atomic E-state index is 0.713. The number of rotatable bonds is 8. The first-order chi connectivity index (χ1) is 8.31. The Morgan fingerprint density at radius 3 is 2.76 bits per heavy atom. The predicted octanol–water partition coefficient (Wildman–Crippen LogP) is 2.27. The van der Waals surface area contributed by atoms with E-state index in [0.29, 0.717) is 6.04 Å². The molecule has 0 spiro atoms. The Hall–Kier alpha value is -0.120. The molecule has 0 aromatic heterocycles. The smallest absolute Gasteiger partial charge is 0.0462 e. The molecule has 17 heavy (non-hydrogen) atoms. The van der Waals surface area contributed by atoms with Gasteiger partial charge in [-0.3, -0.25) is 4.90 Å². The molecule has 1 N–H and O–H groups in total. The van der Waals surface area contributed by atoms with Crippen LogP contribution in [0.25, 0.3) is 0 Å². The molecule has 1 heterocycles. The minimum atomic E-state index is 0.713. The van der Waals surface area contributed by atoms with Crippen LogP contribution in [0.15, 0.2) is 0 Å². The predicted molar refractivity (Wildman–Crippen MR) is 73.5 cm³/mol. The molecule has 1 aliphatic rings. The number of hydrogen-bond acceptors (Lipinski definition) is 3. The molecule has 2 unspecified atom stereocenters. The van der Waals surface area contributed by atoms with E-state index in [4.69, 9.17) is 4.74 Å². The Morgan fingerprint density at radius 1 is 1.29 bits per heavy atom. The third-order valence-electron chi connectivity index (χ3n) is 3.77. The van der Waals surface area contributed by atoms with Crippen LogP contribution in [0.2, 0.25) is 0 Å². The number of piperazine rings is 1. The SMILES string of the molecule is CCCC1CN(CCCCOC)C(CC)CN1.